The second-order valence-electron chi connectivity index (χ2n) is 5.05. The number of hydrogen-bond donors (Lipinski definition) is 0. The zero-order chi connectivity index (χ0) is 16.2. The van der Waals surface area contributed by atoms with Crippen LogP contribution in [0.1, 0.15) is 23.6 Å². The molecule has 0 spiro atoms. The molecule has 0 amide bonds. The Bertz CT molecular complexity index is 792. The van der Waals surface area contributed by atoms with E-state index in [1.807, 2.05) is 37.4 Å². The molecule has 0 aliphatic carbocycles. The van der Waals surface area contributed by atoms with Crippen molar-refractivity contribution in [3.8, 4) is 10.8 Å². The lowest BCUT2D eigenvalue weighted by molar-refractivity contribution is -0.145. The van der Waals surface area contributed by atoms with Gasteiger partial charge in [0.2, 0.25) is 5.82 Å². The Morgan fingerprint density at radius 3 is 3.00 bits per heavy atom. The first-order chi connectivity index (χ1) is 11.1. The van der Waals surface area contributed by atoms with Crippen LogP contribution in [0.25, 0.3) is 10.8 Å². The van der Waals surface area contributed by atoms with E-state index in [-0.39, 0.29) is 19.0 Å². The summed E-state index contributed by atoms with van der Waals surface area (Å²) < 4.78 is 12.1. The van der Waals surface area contributed by atoms with Gasteiger partial charge < -0.3 is 9.26 Å². The molecule has 7 nitrogen and oxygen atoms in total. The number of ether oxygens (including phenoxy) is 1. The number of thiophene rings is 1. The van der Waals surface area contributed by atoms with Gasteiger partial charge in [-0.05, 0) is 31.4 Å². The summed E-state index contributed by atoms with van der Waals surface area (Å²) in [4.78, 5) is 16.9. The van der Waals surface area contributed by atoms with Crippen LogP contribution in [0.5, 0.6) is 0 Å². The first kappa shape index (κ1) is 15.4. The first-order valence-electron chi connectivity index (χ1n) is 7.15. The van der Waals surface area contributed by atoms with Gasteiger partial charge in [0.15, 0.2) is 6.61 Å². The zero-order valence-corrected chi connectivity index (χ0v) is 13.7. The second kappa shape index (κ2) is 6.74. The van der Waals surface area contributed by atoms with Crippen LogP contribution in [0.15, 0.2) is 28.1 Å². The molecule has 0 radical (unpaired) electrons. The van der Waals surface area contributed by atoms with Gasteiger partial charge in [-0.25, -0.2) is 0 Å². The number of hydrogen-bond acceptors (Lipinski definition) is 7. The van der Waals surface area contributed by atoms with Crippen LogP contribution in [0.3, 0.4) is 0 Å². The summed E-state index contributed by atoms with van der Waals surface area (Å²) in [6, 6.07) is 5.77. The van der Waals surface area contributed by atoms with Crippen LogP contribution >= 0.6 is 11.3 Å². The number of rotatable bonds is 6. The molecule has 0 aromatic carbocycles. The van der Waals surface area contributed by atoms with Crippen LogP contribution in [-0.2, 0) is 22.7 Å². The molecule has 0 aliphatic heterocycles. The molecule has 3 rings (SSSR count). The molecule has 0 N–H and O–H groups in total. The largest absolute Gasteiger partial charge is 0.457 e. The SMILES string of the molecule is Cc1cc(C)n(CCC(=O)OCc2noc(-c3cccs3)n2)n1. The fraction of sp³-hybridized carbons (Fsp3) is 0.333. The minimum Gasteiger partial charge on any atom is -0.457 e. The van der Waals surface area contributed by atoms with Crippen molar-refractivity contribution in [3.05, 3.63) is 40.8 Å². The van der Waals surface area contributed by atoms with Gasteiger partial charge in [0.1, 0.15) is 0 Å². The Kier molecular flexibility index (Phi) is 4.52. The Morgan fingerprint density at radius 2 is 2.30 bits per heavy atom. The van der Waals surface area contributed by atoms with Crippen LogP contribution in [0.2, 0.25) is 0 Å². The normalized spacial score (nSPS) is 10.9. The molecular weight excluding hydrogens is 316 g/mol. The van der Waals surface area contributed by atoms with E-state index in [2.05, 4.69) is 15.2 Å². The third-order valence-electron chi connectivity index (χ3n) is 3.19. The molecular formula is C15H16N4O3S. The molecule has 0 saturated heterocycles. The molecule has 0 unspecified atom stereocenters. The molecule has 3 aromatic heterocycles. The van der Waals surface area contributed by atoms with Gasteiger partial charge in [-0.2, -0.15) is 10.1 Å². The number of nitrogens with zero attached hydrogens (tertiary/aromatic N) is 4. The number of aromatic nitrogens is 4. The standard InChI is InChI=1S/C15H16N4O3S/c1-10-8-11(2)19(17-10)6-5-14(20)21-9-13-16-15(22-18-13)12-4-3-7-23-12/h3-4,7-8H,5-6,9H2,1-2H3. The van der Waals surface area contributed by atoms with Gasteiger partial charge in [0.05, 0.1) is 23.5 Å². The summed E-state index contributed by atoms with van der Waals surface area (Å²) >= 11 is 1.51. The van der Waals surface area contributed by atoms with Crippen molar-refractivity contribution in [2.24, 2.45) is 0 Å². The van der Waals surface area contributed by atoms with Crippen molar-refractivity contribution < 1.29 is 14.1 Å². The fourth-order valence-electron chi connectivity index (χ4n) is 2.13. The molecule has 120 valence electrons. The van der Waals surface area contributed by atoms with Gasteiger partial charge in [-0.3, -0.25) is 9.48 Å². The Hall–Kier alpha value is -2.48. The monoisotopic (exact) mass is 332 g/mol. The van der Waals surface area contributed by atoms with Crippen LogP contribution in [-0.4, -0.2) is 25.9 Å². The maximum absolute atomic E-state index is 11.8. The third-order valence-corrected chi connectivity index (χ3v) is 4.05. The van der Waals surface area contributed by atoms with Gasteiger partial charge in [0.25, 0.3) is 5.89 Å². The average Bonchev–Trinajstić information content (AvgIpc) is 3.24. The van der Waals surface area contributed by atoms with Crippen LogP contribution in [0.4, 0.5) is 0 Å². The van der Waals surface area contributed by atoms with Crippen molar-refractivity contribution >= 4 is 17.3 Å². The molecule has 23 heavy (non-hydrogen) atoms. The van der Waals surface area contributed by atoms with Crippen LogP contribution < -0.4 is 0 Å². The predicted octanol–water partition coefficient (Wildman–Crippen LogP) is 2.74. The second-order valence-corrected chi connectivity index (χ2v) is 6.00. The van der Waals surface area contributed by atoms with Gasteiger partial charge in [0, 0.05) is 5.69 Å². The van der Waals surface area contributed by atoms with E-state index in [1.165, 1.54) is 11.3 Å². The van der Waals surface area contributed by atoms with Crippen molar-refractivity contribution in [2.45, 2.75) is 33.4 Å². The fourth-order valence-corrected chi connectivity index (χ4v) is 2.77. The summed E-state index contributed by atoms with van der Waals surface area (Å²) in [5.74, 6) is 0.474. The highest BCUT2D eigenvalue weighted by Crippen LogP contribution is 2.22. The lowest BCUT2D eigenvalue weighted by Crippen LogP contribution is -2.11. The number of carbonyl (C=O) groups excluding carboxylic acids is 1. The van der Waals surface area contributed by atoms with Crippen LogP contribution in [0, 0.1) is 13.8 Å². The van der Waals surface area contributed by atoms with E-state index in [0.717, 1.165) is 16.3 Å². The first-order valence-corrected chi connectivity index (χ1v) is 8.03. The highest BCUT2D eigenvalue weighted by atomic mass is 32.1. The predicted molar refractivity (Wildman–Crippen MR) is 83.7 cm³/mol. The lowest BCUT2D eigenvalue weighted by atomic mass is 10.4. The van der Waals surface area contributed by atoms with E-state index in [0.29, 0.717) is 18.3 Å². The van der Waals surface area contributed by atoms with Gasteiger partial charge in [-0.1, -0.05) is 11.2 Å². The van der Waals surface area contributed by atoms with E-state index in [9.17, 15) is 4.79 Å². The van der Waals surface area contributed by atoms with Gasteiger partial charge >= 0.3 is 5.97 Å². The Balaban J connectivity index is 1.48. The molecule has 3 heterocycles. The summed E-state index contributed by atoms with van der Waals surface area (Å²) in [7, 11) is 0. The Labute approximate surface area is 136 Å². The highest BCUT2D eigenvalue weighted by molar-refractivity contribution is 7.13. The lowest BCUT2D eigenvalue weighted by Gasteiger charge is -2.04. The topological polar surface area (TPSA) is 83.0 Å². The molecule has 3 aromatic rings. The molecule has 8 heteroatoms. The minimum absolute atomic E-state index is 0.00479. The number of aryl methyl sites for hydroxylation is 3. The maximum atomic E-state index is 11.8. The van der Waals surface area contributed by atoms with Crippen molar-refractivity contribution in [1.82, 2.24) is 19.9 Å². The summed E-state index contributed by atoms with van der Waals surface area (Å²) in [5, 5.41) is 10.0. The minimum atomic E-state index is -0.319. The molecule has 0 fully saturated rings. The molecule has 0 atom stereocenters. The van der Waals surface area contributed by atoms with E-state index >= 15 is 0 Å². The quantitative estimate of drug-likeness (QED) is 0.645. The summed E-state index contributed by atoms with van der Waals surface area (Å²) in [5.41, 5.74) is 1.96. The van der Waals surface area contributed by atoms with E-state index in [4.69, 9.17) is 9.26 Å². The maximum Gasteiger partial charge on any atom is 0.308 e. The Morgan fingerprint density at radius 1 is 1.43 bits per heavy atom. The molecule has 0 bridgehead atoms. The summed E-state index contributed by atoms with van der Waals surface area (Å²) in [6.45, 7) is 4.37. The number of esters is 1. The van der Waals surface area contributed by atoms with Crippen molar-refractivity contribution in [1.29, 1.82) is 0 Å². The van der Waals surface area contributed by atoms with Crippen molar-refractivity contribution in [3.63, 3.8) is 0 Å². The average molecular weight is 332 g/mol. The molecule has 0 saturated carbocycles. The van der Waals surface area contributed by atoms with Crippen molar-refractivity contribution in [2.75, 3.05) is 0 Å². The van der Waals surface area contributed by atoms with E-state index < -0.39 is 0 Å². The van der Waals surface area contributed by atoms with E-state index in [1.54, 1.807) is 4.68 Å². The zero-order valence-electron chi connectivity index (χ0n) is 12.9. The smallest absolute Gasteiger partial charge is 0.308 e. The highest BCUT2D eigenvalue weighted by Gasteiger charge is 2.12. The third kappa shape index (κ3) is 3.84. The van der Waals surface area contributed by atoms with Gasteiger partial charge in [-0.15, -0.1) is 11.3 Å². The number of carbonyl (C=O) groups is 1. The molecule has 0 aliphatic rings. The summed E-state index contributed by atoms with van der Waals surface area (Å²) in [6.07, 6.45) is 0.248.